The molecule has 5 N–H and O–H groups in total. The van der Waals surface area contributed by atoms with Gasteiger partial charge in [0.05, 0.1) is 0 Å². The molecule has 2 rings (SSSR count). The number of aryl methyl sites for hydroxylation is 1. The van der Waals surface area contributed by atoms with E-state index >= 15 is 0 Å². The summed E-state index contributed by atoms with van der Waals surface area (Å²) >= 11 is 0. The Hall–Kier alpha value is -4.61. The van der Waals surface area contributed by atoms with E-state index in [1.165, 1.54) is 17.0 Å². The van der Waals surface area contributed by atoms with Gasteiger partial charge in [0, 0.05) is 19.4 Å². The summed E-state index contributed by atoms with van der Waals surface area (Å²) in [4.78, 5) is 68.8. The van der Waals surface area contributed by atoms with Crippen LogP contribution in [0.2, 0.25) is 0 Å². The molecule has 12 heteroatoms. The highest BCUT2D eigenvalue weighted by Crippen LogP contribution is 2.29. The van der Waals surface area contributed by atoms with Crippen molar-refractivity contribution in [2.45, 2.75) is 130 Å². The Bertz CT molecular complexity index is 1450. The Morgan fingerprint density at radius 1 is 0.860 bits per heavy atom. The third-order valence-corrected chi connectivity index (χ3v) is 7.59. The Balaban J connectivity index is 2.69. The number of nitrogens with two attached hydrogens (primary N) is 1. The average molecular weight is 697 g/mol. The molecule has 0 bridgehead atoms. The van der Waals surface area contributed by atoms with Gasteiger partial charge in [0.25, 0.3) is 0 Å². The molecule has 0 spiro atoms. The van der Waals surface area contributed by atoms with E-state index in [0.29, 0.717) is 17.5 Å². The Kier molecular flexibility index (Phi) is 15.8. The summed E-state index contributed by atoms with van der Waals surface area (Å²) in [7, 11) is 0. The van der Waals surface area contributed by atoms with Gasteiger partial charge in [-0.15, -0.1) is 0 Å². The lowest BCUT2D eigenvalue weighted by Crippen LogP contribution is -2.55. The van der Waals surface area contributed by atoms with Gasteiger partial charge >= 0.3 is 12.1 Å². The number of rotatable bonds is 17. The minimum absolute atomic E-state index is 0.00429. The lowest BCUT2D eigenvalue weighted by molar-refractivity contribution is -0.159. The van der Waals surface area contributed by atoms with Crippen molar-refractivity contribution in [3.63, 3.8) is 0 Å². The number of esters is 1. The molecule has 2 aromatic carbocycles. The van der Waals surface area contributed by atoms with Gasteiger partial charge < -0.3 is 35.8 Å². The van der Waals surface area contributed by atoms with Crippen LogP contribution in [0.5, 0.6) is 5.75 Å². The minimum Gasteiger partial charge on any atom is -0.508 e. The molecule has 0 aliphatic heterocycles. The van der Waals surface area contributed by atoms with Gasteiger partial charge in [-0.05, 0) is 90.1 Å². The first kappa shape index (κ1) is 41.6. The lowest BCUT2D eigenvalue weighted by Gasteiger charge is -2.35. The highest BCUT2D eigenvalue weighted by molar-refractivity contribution is 5.94. The smallest absolute Gasteiger partial charge is 0.408 e. The number of carbonyl (C=O) groups is 5. The number of phenolic OH excluding ortho intramolecular Hbond substituents is 1. The maximum absolute atomic E-state index is 14.6. The van der Waals surface area contributed by atoms with Gasteiger partial charge in [-0.25, -0.2) is 9.59 Å². The van der Waals surface area contributed by atoms with Gasteiger partial charge in [0.15, 0.2) is 0 Å². The van der Waals surface area contributed by atoms with Gasteiger partial charge in [0.1, 0.15) is 35.1 Å². The molecule has 0 saturated heterocycles. The number of ether oxygens (including phenoxy) is 2. The number of amides is 4. The number of nitrogens with one attached hydrogen (secondary N) is 2. The molecular weight excluding hydrogens is 640 g/mol. The number of hydrogen-bond acceptors (Lipinski definition) is 8. The number of primary amides is 1. The monoisotopic (exact) mass is 696 g/mol. The van der Waals surface area contributed by atoms with Crippen LogP contribution in [0, 0.1) is 6.92 Å². The van der Waals surface area contributed by atoms with Crippen molar-refractivity contribution in [1.82, 2.24) is 15.5 Å². The van der Waals surface area contributed by atoms with Crippen molar-refractivity contribution < 1.29 is 38.6 Å². The number of phenols is 1. The Morgan fingerprint density at radius 2 is 1.50 bits per heavy atom. The van der Waals surface area contributed by atoms with E-state index in [9.17, 15) is 29.1 Å². The van der Waals surface area contributed by atoms with Gasteiger partial charge in [0.2, 0.25) is 17.7 Å². The molecule has 0 fully saturated rings. The summed E-state index contributed by atoms with van der Waals surface area (Å²) in [6.45, 7) is 14.0. The molecule has 0 aliphatic rings. The predicted octanol–water partition coefficient (Wildman–Crippen LogP) is 5.38. The van der Waals surface area contributed by atoms with Crippen LogP contribution in [0.1, 0.15) is 110 Å². The van der Waals surface area contributed by atoms with Gasteiger partial charge in [-0.2, -0.15) is 0 Å². The van der Waals surface area contributed by atoms with E-state index in [0.717, 1.165) is 24.8 Å². The quantitative estimate of drug-likeness (QED) is 0.126. The maximum atomic E-state index is 14.6. The molecule has 0 heterocycles. The van der Waals surface area contributed by atoms with Crippen molar-refractivity contribution in [2.24, 2.45) is 5.73 Å². The third kappa shape index (κ3) is 14.5. The summed E-state index contributed by atoms with van der Waals surface area (Å²) in [6, 6.07) is 10.0. The molecule has 0 saturated carbocycles. The summed E-state index contributed by atoms with van der Waals surface area (Å²) in [5.41, 5.74) is 5.34. The molecule has 3 atom stereocenters. The summed E-state index contributed by atoms with van der Waals surface area (Å²) < 4.78 is 11.1. The Morgan fingerprint density at radius 3 is 2.06 bits per heavy atom. The van der Waals surface area contributed by atoms with Crippen LogP contribution >= 0.6 is 0 Å². The molecule has 0 aliphatic carbocycles. The molecule has 0 radical (unpaired) electrons. The largest absolute Gasteiger partial charge is 0.508 e. The molecule has 4 amide bonds. The number of carbonyl (C=O) groups excluding carboxylic acids is 5. The lowest BCUT2D eigenvalue weighted by atomic mass is 9.98. The van der Waals surface area contributed by atoms with E-state index in [1.807, 2.05) is 37.3 Å². The van der Waals surface area contributed by atoms with Crippen LogP contribution in [0.25, 0.3) is 0 Å². The normalized spacial score (nSPS) is 13.4. The molecule has 12 nitrogen and oxygen atoms in total. The highest BCUT2D eigenvalue weighted by Gasteiger charge is 2.38. The average Bonchev–Trinajstić information content (AvgIpc) is 3.00. The number of hydrogen-bond donors (Lipinski definition) is 4. The van der Waals surface area contributed by atoms with Crippen molar-refractivity contribution in [1.29, 1.82) is 0 Å². The second kappa shape index (κ2) is 19.0. The predicted molar refractivity (Wildman–Crippen MR) is 191 cm³/mol. The number of alkyl carbamates (subject to hydrolysis) is 1. The molecular formula is C38H56N4O8. The van der Waals surface area contributed by atoms with Crippen molar-refractivity contribution in [3.05, 3.63) is 65.2 Å². The first-order valence-electron chi connectivity index (χ1n) is 17.3. The van der Waals surface area contributed by atoms with Gasteiger partial charge in [-0.3, -0.25) is 14.4 Å². The number of benzene rings is 2. The topological polar surface area (TPSA) is 177 Å². The van der Waals surface area contributed by atoms with Crippen LogP contribution in [0.3, 0.4) is 0 Å². The summed E-state index contributed by atoms with van der Waals surface area (Å²) in [6.07, 6.45) is 1.97. The van der Waals surface area contributed by atoms with E-state index in [-0.39, 0.29) is 31.6 Å². The second-order valence-electron chi connectivity index (χ2n) is 14.5. The maximum Gasteiger partial charge on any atom is 0.408 e. The third-order valence-electron chi connectivity index (χ3n) is 7.59. The van der Waals surface area contributed by atoms with Crippen LogP contribution in [0.4, 0.5) is 4.79 Å². The fraction of sp³-hybridized carbons (Fsp3) is 0.553. The van der Waals surface area contributed by atoms with Crippen molar-refractivity contribution in [3.8, 4) is 5.75 Å². The molecule has 3 unspecified atom stereocenters. The number of unbranched alkanes of at least 4 members (excludes halogenated alkanes) is 3. The molecule has 0 aromatic heterocycles. The number of aromatic hydroxyl groups is 1. The van der Waals surface area contributed by atoms with Gasteiger partial charge in [-0.1, -0.05) is 62.6 Å². The zero-order valence-electron chi connectivity index (χ0n) is 30.8. The zero-order chi connectivity index (χ0) is 37.6. The standard InChI is InChI=1S/C38H56N4O8/c1-9-10-11-15-22-42(34(46)28(19-21-31(39)44)41-36(48)50-38(6,7)8)32(27-18-20-30(43)25(2)23-27)33(45)40-29(35(47)49-37(3,4)5)24-26-16-13-12-14-17-26/h12-14,16-18,20,23,28-29,32,43H,9-11,15,19,21-22,24H2,1-8H3,(H2,39,44)(H,40,45)(H,41,48). The van der Waals surface area contributed by atoms with E-state index in [1.54, 1.807) is 54.5 Å². The summed E-state index contributed by atoms with van der Waals surface area (Å²) in [5, 5.41) is 15.8. The zero-order valence-corrected chi connectivity index (χ0v) is 30.8. The SMILES string of the molecule is CCCCCCN(C(=O)C(CCC(N)=O)NC(=O)OC(C)(C)C)C(C(=O)NC(Cc1ccccc1)C(=O)OC(C)(C)C)c1ccc(O)c(C)c1. The van der Waals surface area contributed by atoms with Crippen LogP contribution < -0.4 is 16.4 Å². The highest BCUT2D eigenvalue weighted by atomic mass is 16.6. The van der Waals surface area contributed by atoms with Crippen LogP contribution in [-0.2, 0) is 35.1 Å². The molecule has 2 aromatic rings. The van der Waals surface area contributed by atoms with Crippen LogP contribution in [0.15, 0.2) is 48.5 Å². The first-order valence-corrected chi connectivity index (χ1v) is 17.3. The minimum atomic E-state index is -1.30. The summed E-state index contributed by atoms with van der Waals surface area (Å²) in [5.74, 6) is -2.64. The van der Waals surface area contributed by atoms with E-state index < -0.39 is 59.1 Å². The molecule has 50 heavy (non-hydrogen) atoms. The van der Waals surface area contributed by atoms with Crippen molar-refractivity contribution in [2.75, 3.05) is 6.54 Å². The van der Waals surface area contributed by atoms with E-state index in [4.69, 9.17) is 15.2 Å². The first-order chi connectivity index (χ1) is 23.3. The van der Waals surface area contributed by atoms with Crippen molar-refractivity contribution >= 4 is 29.8 Å². The second-order valence-corrected chi connectivity index (χ2v) is 14.5. The van der Waals surface area contributed by atoms with E-state index in [2.05, 4.69) is 10.6 Å². The Labute approximate surface area is 296 Å². The number of nitrogens with zero attached hydrogens (tertiary/aromatic N) is 1. The molecule has 276 valence electrons. The van der Waals surface area contributed by atoms with Crippen LogP contribution in [-0.4, -0.2) is 69.6 Å². The fourth-order valence-electron chi connectivity index (χ4n) is 5.26. The fourth-order valence-corrected chi connectivity index (χ4v) is 5.26.